The van der Waals surface area contributed by atoms with E-state index in [1.54, 1.807) is 0 Å². The summed E-state index contributed by atoms with van der Waals surface area (Å²) in [6.07, 6.45) is 0.455. The zero-order valence-corrected chi connectivity index (χ0v) is 14.3. The number of carbonyl (C=O) groups excluding carboxylic acids is 2. The number of carbonyl (C=O) groups is 3. The number of benzene rings is 1. The summed E-state index contributed by atoms with van der Waals surface area (Å²) in [5.41, 5.74) is 0.967. The molecular formula is C15H17N5O4S. The molecule has 0 aliphatic heterocycles. The van der Waals surface area contributed by atoms with Gasteiger partial charge in [0.25, 0.3) is 5.95 Å². The SMILES string of the molecule is CC(=O)SC[C@H](Cc1ccccc1)C(=O)Nc1nnn(CC(=O)O)n1. The molecule has 0 unspecified atom stereocenters. The van der Waals surface area contributed by atoms with E-state index in [1.165, 1.54) is 6.92 Å². The number of aromatic nitrogens is 4. The average Bonchev–Trinajstić information content (AvgIpc) is 2.98. The van der Waals surface area contributed by atoms with Crippen LogP contribution in [0.1, 0.15) is 12.5 Å². The van der Waals surface area contributed by atoms with Crippen LogP contribution in [-0.4, -0.2) is 48.1 Å². The summed E-state index contributed by atoms with van der Waals surface area (Å²) in [4.78, 5) is 35.2. The number of hydrogen-bond acceptors (Lipinski definition) is 7. The Bertz CT molecular complexity index is 749. The second kappa shape index (κ2) is 8.92. The lowest BCUT2D eigenvalue weighted by atomic mass is 10.0. The van der Waals surface area contributed by atoms with Gasteiger partial charge in [0.15, 0.2) is 11.7 Å². The Balaban J connectivity index is 2.04. The summed E-state index contributed by atoms with van der Waals surface area (Å²) in [5.74, 6) is -1.69. The first kappa shape index (κ1) is 18.6. The molecule has 1 heterocycles. The number of thioether (sulfide) groups is 1. The van der Waals surface area contributed by atoms with Crippen LogP contribution in [0.2, 0.25) is 0 Å². The number of hydrogen-bond donors (Lipinski definition) is 2. The molecule has 0 fully saturated rings. The first-order chi connectivity index (χ1) is 11.9. The van der Waals surface area contributed by atoms with Crippen molar-refractivity contribution in [2.24, 2.45) is 5.92 Å². The molecule has 2 rings (SSSR count). The average molecular weight is 363 g/mol. The number of carboxylic acid groups (broad SMARTS) is 1. The number of aliphatic carboxylic acids is 1. The van der Waals surface area contributed by atoms with Crippen molar-refractivity contribution < 1.29 is 19.5 Å². The molecule has 132 valence electrons. The molecule has 1 aromatic heterocycles. The van der Waals surface area contributed by atoms with E-state index in [0.29, 0.717) is 12.2 Å². The highest BCUT2D eigenvalue weighted by molar-refractivity contribution is 8.13. The number of amides is 1. The van der Waals surface area contributed by atoms with Crippen LogP contribution >= 0.6 is 11.8 Å². The summed E-state index contributed by atoms with van der Waals surface area (Å²) in [6.45, 7) is 0.998. The Morgan fingerprint density at radius 3 is 2.64 bits per heavy atom. The first-order valence-corrected chi connectivity index (χ1v) is 8.40. The first-order valence-electron chi connectivity index (χ1n) is 7.42. The van der Waals surface area contributed by atoms with E-state index in [4.69, 9.17) is 5.11 Å². The van der Waals surface area contributed by atoms with Gasteiger partial charge in [-0.3, -0.25) is 19.7 Å². The lowest BCUT2D eigenvalue weighted by Crippen LogP contribution is -2.27. The molecule has 0 saturated heterocycles. The van der Waals surface area contributed by atoms with Gasteiger partial charge in [-0.15, -0.1) is 5.10 Å². The fourth-order valence-electron chi connectivity index (χ4n) is 2.04. The third-order valence-electron chi connectivity index (χ3n) is 3.15. The molecule has 1 atom stereocenters. The van der Waals surface area contributed by atoms with Crippen LogP contribution in [0.3, 0.4) is 0 Å². The van der Waals surface area contributed by atoms with Gasteiger partial charge >= 0.3 is 5.97 Å². The number of nitrogens with zero attached hydrogens (tertiary/aromatic N) is 4. The second-order valence-corrected chi connectivity index (χ2v) is 6.41. The minimum Gasteiger partial charge on any atom is -0.480 e. The lowest BCUT2D eigenvalue weighted by Gasteiger charge is -2.14. The van der Waals surface area contributed by atoms with Gasteiger partial charge in [-0.05, 0) is 17.2 Å². The number of anilines is 1. The standard InChI is InChI=1S/C15H17N5O4S/c1-10(21)25-9-12(7-11-5-3-2-4-6-11)14(24)16-15-17-19-20(18-15)8-13(22)23/h2-6,12H,7-9H2,1H3,(H,22,23)(H,16,18,24)/t12-/m0/s1. The van der Waals surface area contributed by atoms with Gasteiger partial charge in [-0.2, -0.15) is 4.80 Å². The number of tetrazole rings is 1. The minimum absolute atomic E-state index is 0.0721. The van der Waals surface area contributed by atoms with Gasteiger partial charge in [-0.25, -0.2) is 0 Å². The number of rotatable bonds is 8. The summed E-state index contributed by atoms with van der Waals surface area (Å²) < 4.78 is 0. The molecule has 1 aromatic carbocycles. The Kier molecular flexibility index (Phi) is 6.63. The van der Waals surface area contributed by atoms with Crippen molar-refractivity contribution in [1.29, 1.82) is 0 Å². The maximum atomic E-state index is 12.5. The molecule has 0 aliphatic rings. The maximum Gasteiger partial charge on any atom is 0.327 e. The van der Waals surface area contributed by atoms with Crippen LogP contribution in [-0.2, 0) is 27.3 Å². The van der Waals surface area contributed by atoms with E-state index in [1.807, 2.05) is 30.3 Å². The Morgan fingerprint density at radius 2 is 2.00 bits per heavy atom. The zero-order chi connectivity index (χ0) is 18.2. The van der Waals surface area contributed by atoms with Gasteiger partial charge in [0, 0.05) is 12.7 Å². The highest BCUT2D eigenvalue weighted by Crippen LogP contribution is 2.17. The van der Waals surface area contributed by atoms with E-state index in [0.717, 1.165) is 22.1 Å². The number of carboxylic acids is 1. The molecular weight excluding hydrogens is 346 g/mol. The summed E-state index contributed by atoms with van der Waals surface area (Å²) in [6, 6.07) is 9.44. The van der Waals surface area contributed by atoms with E-state index in [2.05, 4.69) is 20.7 Å². The van der Waals surface area contributed by atoms with Crippen molar-refractivity contribution in [2.75, 3.05) is 11.1 Å². The predicted octanol–water partition coefficient (Wildman–Crippen LogP) is 0.835. The van der Waals surface area contributed by atoms with Gasteiger partial charge in [0.05, 0.1) is 5.92 Å². The molecule has 9 nitrogen and oxygen atoms in total. The molecule has 0 spiro atoms. The molecule has 0 aliphatic carbocycles. The summed E-state index contributed by atoms with van der Waals surface area (Å²) in [5, 5.41) is 22.1. The van der Waals surface area contributed by atoms with Crippen LogP contribution in [0.25, 0.3) is 0 Å². The Hall–Kier alpha value is -2.75. The van der Waals surface area contributed by atoms with Crippen molar-refractivity contribution in [3.05, 3.63) is 35.9 Å². The van der Waals surface area contributed by atoms with Gasteiger partial charge in [-0.1, -0.05) is 47.2 Å². The van der Waals surface area contributed by atoms with Crippen molar-refractivity contribution in [1.82, 2.24) is 20.2 Å². The topological polar surface area (TPSA) is 127 Å². The van der Waals surface area contributed by atoms with E-state index >= 15 is 0 Å². The third kappa shape index (κ3) is 6.34. The monoisotopic (exact) mass is 363 g/mol. The van der Waals surface area contributed by atoms with Crippen LogP contribution in [0.4, 0.5) is 5.95 Å². The van der Waals surface area contributed by atoms with E-state index in [-0.39, 0.29) is 17.0 Å². The van der Waals surface area contributed by atoms with Crippen LogP contribution in [0, 0.1) is 5.92 Å². The van der Waals surface area contributed by atoms with Crippen molar-refractivity contribution in [3.63, 3.8) is 0 Å². The largest absolute Gasteiger partial charge is 0.480 e. The Labute approximate surface area is 147 Å². The second-order valence-electron chi connectivity index (χ2n) is 5.22. The highest BCUT2D eigenvalue weighted by Gasteiger charge is 2.22. The summed E-state index contributed by atoms with van der Waals surface area (Å²) in [7, 11) is 0. The zero-order valence-electron chi connectivity index (χ0n) is 13.5. The third-order valence-corrected chi connectivity index (χ3v) is 4.12. The van der Waals surface area contributed by atoms with Gasteiger partial charge in [0.2, 0.25) is 5.91 Å². The van der Waals surface area contributed by atoms with Crippen molar-refractivity contribution in [2.45, 2.75) is 19.9 Å². The molecule has 0 radical (unpaired) electrons. The smallest absolute Gasteiger partial charge is 0.327 e. The molecule has 10 heteroatoms. The highest BCUT2D eigenvalue weighted by atomic mass is 32.2. The fourth-order valence-corrected chi connectivity index (χ4v) is 2.74. The fraction of sp³-hybridized carbons (Fsp3) is 0.333. The van der Waals surface area contributed by atoms with E-state index < -0.39 is 18.4 Å². The molecule has 0 bridgehead atoms. The van der Waals surface area contributed by atoms with Crippen LogP contribution < -0.4 is 5.32 Å². The van der Waals surface area contributed by atoms with E-state index in [9.17, 15) is 14.4 Å². The quantitative estimate of drug-likeness (QED) is 0.706. The van der Waals surface area contributed by atoms with Crippen LogP contribution in [0.15, 0.2) is 30.3 Å². The van der Waals surface area contributed by atoms with Gasteiger partial charge < -0.3 is 5.11 Å². The Morgan fingerprint density at radius 1 is 1.28 bits per heavy atom. The molecule has 2 N–H and O–H groups in total. The summed E-state index contributed by atoms with van der Waals surface area (Å²) >= 11 is 1.07. The predicted molar refractivity (Wildman–Crippen MR) is 90.9 cm³/mol. The maximum absolute atomic E-state index is 12.5. The van der Waals surface area contributed by atoms with Crippen molar-refractivity contribution >= 4 is 34.7 Å². The van der Waals surface area contributed by atoms with Gasteiger partial charge in [0.1, 0.15) is 0 Å². The number of nitrogens with one attached hydrogen (secondary N) is 1. The lowest BCUT2D eigenvalue weighted by molar-refractivity contribution is -0.138. The normalized spacial score (nSPS) is 11.7. The molecule has 2 aromatic rings. The van der Waals surface area contributed by atoms with Crippen LogP contribution in [0.5, 0.6) is 0 Å². The molecule has 0 saturated carbocycles. The van der Waals surface area contributed by atoms with Crippen molar-refractivity contribution in [3.8, 4) is 0 Å². The molecule has 1 amide bonds. The minimum atomic E-state index is -1.12. The molecule has 25 heavy (non-hydrogen) atoms.